The van der Waals surface area contributed by atoms with Crippen LogP contribution in [0.1, 0.15) is 15.9 Å². The molecule has 0 aliphatic heterocycles. The second kappa shape index (κ2) is 8.01. The summed E-state index contributed by atoms with van der Waals surface area (Å²) >= 11 is 0. The molecule has 146 valence electrons. The molecule has 0 atom stereocenters. The van der Waals surface area contributed by atoms with Crippen LogP contribution in [0, 0.1) is 5.82 Å². The number of pyridine rings is 1. The van der Waals surface area contributed by atoms with E-state index in [0.717, 1.165) is 0 Å². The minimum atomic E-state index is -0.355. The molecule has 0 radical (unpaired) electrons. The van der Waals surface area contributed by atoms with E-state index in [1.807, 2.05) is 0 Å². The highest BCUT2D eigenvalue weighted by Crippen LogP contribution is 2.08. The van der Waals surface area contributed by atoms with Crippen LogP contribution in [0.3, 0.4) is 0 Å². The zero-order valence-electron chi connectivity index (χ0n) is 15.3. The van der Waals surface area contributed by atoms with E-state index in [2.05, 4.69) is 20.4 Å². The lowest BCUT2D eigenvalue weighted by Crippen LogP contribution is -2.27. The van der Waals surface area contributed by atoms with Crippen molar-refractivity contribution >= 4 is 16.9 Å². The largest absolute Gasteiger partial charge is 0.350 e. The third kappa shape index (κ3) is 4.03. The Morgan fingerprint density at radius 1 is 1.17 bits per heavy atom. The van der Waals surface area contributed by atoms with Crippen LogP contribution < -0.4 is 10.9 Å². The third-order valence-electron chi connectivity index (χ3n) is 4.42. The summed E-state index contributed by atoms with van der Waals surface area (Å²) in [7, 11) is 0. The SMILES string of the molecule is O=C(NCCn1ncc2c(=O)n(Cc3cccc(F)c3)cnc21)c1ccncc1. The summed E-state index contributed by atoms with van der Waals surface area (Å²) in [6, 6.07) is 9.33. The van der Waals surface area contributed by atoms with Crippen LogP contribution in [0.15, 0.2) is 66.1 Å². The summed E-state index contributed by atoms with van der Waals surface area (Å²) in [5.74, 6) is -0.569. The molecule has 1 amide bonds. The molecular weight excluding hydrogens is 375 g/mol. The number of carbonyl (C=O) groups is 1. The third-order valence-corrected chi connectivity index (χ3v) is 4.42. The monoisotopic (exact) mass is 392 g/mol. The minimum absolute atomic E-state index is 0.214. The molecule has 9 heteroatoms. The second-order valence-corrected chi connectivity index (χ2v) is 6.40. The van der Waals surface area contributed by atoms with Gasteiger partial charge in [0.05, 0.1) is 19.3 Å². The quantitative estimate of drug-likeness (QED) is 0.538. The molecule has 1 N–H and O–H groups in total. The van der Waals surface area contributed by atoms with E-state index in [-0.39, 0.29) is 23.8 Å². The summed E-state index contributed by atoms with van der Waals surface area (Å²) in [5.41, 5.74) is 1.36. The molecule has 1 aromatic carbocycles. The second-order valence-electron chi connectivity index (χ2n) is 6.40. The first-order chi connectivity index (χ1) is 14.1. The molecule has 4 aromatic rings. The van der Waals surface area contributed by atoms with E-state index < -0.39 is 0 Å². The molecule has 4 rings (SSSR count). The summed E-state index contributed by atoms with van der Waals surface area (Å²) in [4.78, 5) is 33.0. The van der Waals surface area contributed by atoms with E-state index in [1.165, 1.54) is 29.2 Å². The van der Waals surface area contributed by atoms with Crippen molar-refractivity contribution in [1.82, 2.24) is 29.6 Å². The number of nitrogens with zero attached hydrogens (tertiary/aromatic N) is 5. The summed E-state index contributed by atoms with van der Waals surface area (Å²) in [5, 5.41) is 7.36. The molecule has 0 saturated carbocycles. The number of amides is 1. The number of nitrogens with one attached hydrogen (secondary N) is 1. The van der Waals surface area contributed by atoms with E-state index in [9.17, 15) is 14.0 Å². The van der Waals surface area contributed by atoms with Crippen LogP contribution in [0.4, 0.5) is 4.39 Å². The van der Waals surface area contributed by atoms with E-state index >= 15 is 0 Å². The molecule has 3 aromatic heterocycles. The Morgan fingerprint density at radius 2 is 2.00 bits per heavy atom. The Kier molecular flexibility index (Phi) is 5.10. The lowest BCUT2D eigenvalue weighted by atomic mass is 10.2. The molecule has 29 heavy (non-hydrogen) atoms. The van der Waals surface area contributed by atoms with E-state index in [1.54, 1.807) is 41.3 Å². The van der Waals surface area contributed by atoms with Gasteiger partial charge in [0.1, 0.15) is 17.5 Å². The van der Waals surface area contributed by atoms with Gasteiger partial charge in [-0.1, -0.05) is 12.1 Å². The van der Waals surface area contributed by atoms with E-state index in [0.29, 0.717) is 35.2 Å². The van der Waals surface area contributed by atoms with Gasteiger partial charge in [0.2, 0.25) is 0 Å². The van der Waals surface area contributed by atoms with E-state index in [4.69, 9.17) is 0 Å². The average molecular weight is 392 g/mol. The van der Waals surface area contributed by atoms with Crippen molar-refractivity contribution in [3.8, 4) is 0 Å². The summed E-state index contributed by atoms with van der Waals surface area (Å²) in [6.07, 6.45) is 5.98. The van der Waals surface area contributed by atoms with Crippen molar-refractivity contribution in [2.45, 2.75) is 13.1 Å². The molecule has 0 unspecified atom stereocenters. The molecule has 0 fully saturated rings. The molecule has 0 bridgehead atoms. The lowest BCUT2D eigenvalue weighted by Gasteiger charge is -2.07. The first-order valence-corrected chi connectivity index (χ1v) is 8.95. The first kappa shape index (κ1) is 18.5. The number of benzene rings is 1. The number of hydrogen-bond acceptors (Lipinski definition) is 5. The van der Waals surface area contributed by atoms with Crippen LogP contribution in [0.5, 0.6) is 0 Å². The van der Waals surface area contributed by atoms with Crippen LogP contribution in [0.2, 0.25) is 0 Å². The van der Waals surface area contributed by atoms with Gasteiger partial charge in [-0.2, -0.15) is 5.10 Å². The number of carbonyl (C=O) groups excluding carboxylic acids is 1. The number of fused-ring (bicyclic) bond motifs is 1. The first-order valence-electron chi connectivity index (χ1n) is 8.95. The predicted octanol–water partition coefficient (Wildman–Crippen LogP) is 1.61. The normalized spacial score (nSPS) is 10.9. The maximum atomic E-state index is 13.4. The van der Waals surface area contributed by atoms with Crippen molar-refractivity contribution in [3.63, 3.8) is 0 Å². The lowest BCUT2D eigenvalue weighted by molar-refractivity contribution is 0.0952. The molecule has 0 aliphatic carbocycles. The predicted molar refractivity (Wildman–Crippen MR) is 104 cm³/mol. The van der Waals surface area contributed by atoms with Gasteiger partial charge < -0.3 is 5.32 Å². The molecule has 3 heterocycles. The fraction of sp³-hybridized carbons (Fsp3) is 0.150. The smallest absolute Gasteiger partial charge is 0.264 e. The zero-order valence-corrected chi connectivity index (χ0v) is 15.3. The highest BCUT2D eigenvalue weighted by molar-refractivity contribution is 5.93. The van der Waals surface area contributed by atoms with Gasteiger partial charge in [-0.05, 0) is 29.8 Å². The van der Waals surface area contributed by atoms with Gasteiger partial charge >= 0.3 is 0 Å². The number of rotatable bonds is 6. The van der Waals surface area contributed by atoms with Crippen molar-refractivity contribution in [2.24, 2.45) is 0 Å². The van der Waals surface area contributed by atoms with Gasteiger partial charge in [0.15, 0.2) is 5.65 Å². The Labute approximate surface area is 164 Å². The fourth-order valence-electron chi connectivity index (χ4n) is 2.99. The number of hydrogen-bond donors (Lipinski definition) is 1. The summed E-state index contributed by atoms with van der Waals surface area (Å²) < 4.78 is 16.3. The Hall–Kier alpha value is -3.88. The Bertz CT molecular complexity index is 1220. The van der Waals surface area contributed by atoms with Crippen molar-refractivity contribution < 1.29 is 9.18 Å². The maximum Gasteiger partial charge on any atom is 0.264 e. The van der Waals surface area contributed by atoms with Crippen molar-refractivity contribution in [3.05, 3.63) is 88.6 Å². The standard InChI is InChI=1S/C20H17FN6O2/c21-16-3-1-2-14(10-16)12-26-13-24-18-17(20(26)29)11-25-27(18)9-8-23-19(28)15-4-6-22-7-5-15/h1-7,10-11,13H,8-9,12H2,(H,23,28). The van der Waals surface area contributed by atoms with Gasteiger partial charge in [-0.15, -0.1) is 0 Å². The highest BCUT2D eigenvalue weighted by Gasteiger charge is 2.11. The summed E-state index contributed by atoms with van der Waals surface area (Å²) in [6.45, 7) is 0.902. The van der Waals surface area contributed by atoms with Crippen molar-refractivity contribution in [1.29, 1.82) is 0 Å². The molecule has 0 spiro atoms. The van der Waals surface area contributed by atoms with Crippen LogP contribution in [-0.4, -0.2) is 36.8 Å². The fourth-order valence-corrected chi connectivity index (χ4v) is 2.99. The molecular formula is C20H17FN6O2. The maximum absolute atomic E-state index is 13.4. The average Bonchev–Trinajstić information content (AvgIpc) is 3.14. The van der Waals surface area contributed by atoms with Gasteiger partial charge in [0, 0.05) is 24.5 Å². The Morgan fingerprint density at radius 3 is 2.79 bits per heavy atom. The van der Waals surface area contributed by atoms with Crippen LogP contribution in [-0.2, 0) is 13.1 Å². The van der Waals surface area contributed by atoms with Crippen LogP contribution in [0.25, 0.3) is 11.0 Å². The molecule has 0 saturated heterocycles. The number of aromatic nitrogens is 5. The number of halogens is 1. The van der Waals surface area contributed by atoms with Gasteiger partial charge in [0.25, 0.3) is 11.5 Å². The van der Waals surface area contributed by atoms with Gasteiger partial charge in [-0.3, -0.25) is 19.1 Å². The molecule has 0 aliphatic rings. The van der Waals surface area contributed by atoms with Crippen LogP contribution >= 0.6 is 0 Å². The van der Waals surface area contributed by atoms with Crippen molar-refractivity contribution in [2.75, 3.05) is 6.54 Å². The molecule has 8 nitrogen and oxygen atoms in total. The topological polar surface area (TPSA) is 94.7 Å². The highest BCUT2D eigenvalue weighted by atomic mass is 19.1. The minimum Gasteiger partial charge on any atom is -0.350 e. The zero-order chi connectivity index (χ0) is 20.2. The Balaban J connectivity index is 1.47. The van der Waals surface area contributed by atoms with Gasteiger partial charge in [-0.25, -0.2) is 14.1 Å².